The van der Waals surface area contributed by atoms with Gasteiger partial charge in [0.2, 0.25) is 0 Å². The van der Waals surface area contributed by atoms with Gasteiger partial charge in [0.25, 0.3) is 0 Å². The van der Waals surface area contributed by atoms with Gasteiger partial charge in [-0.3, -0.25) is 0 Å². The van der Waals surface area contributed by atoms with Crippen LogP contribution in [0, 0.1) is 12.3 Å². The summed E-state index contributed by atoms with van der Waals surface area (Å²) in [4.78, 5) is 0. The second-order valence-electron chi connectivity index (χ2n) is 5.89. The fraction of sp³-hybridized carbons (Fsp3) is 0.600. The lowest BCUT2D eigenvalue weighted by molar-refractivity contribution is 0.268. The fourth-order valence-corrected chi connectivity index (χ4v) is 1.58. The summed E-state index contributed by atoms with van der Waals surface area (Å²) in [5.74, 6) is 0. The van der Waals surface area contributed by atoms with E-state index >= 15 is 0 Å². The average Bonchev–Trinajstić information content (AvgIpc) is 2.17. The van der Waals surface area contributed by atoms with Crippen molar-refractivity contribution in [1.29, 1.82) is 0 Å². The van der Waals surface area contributed by atoms with E-state index in [1.165, 1.54) is 11.1 Å². The third-order valence-electron chi connectivity index (χ3n) is 3.38. The van der Waals surface area contributed by atoms with E-state index in [0.29, 0.717) is 17.5 Å². The van der Waals surface area contributed by atoms with Crippen molar-refractivity contribution in [3.05, 3.63) is 35.4 Å². The van der Waals surface area contributed by atoms with Gasteiger partial charge < -0.3 is 5.32 Å². The molecule has 0 fully saturated rings. The summed E-state index contributed by atoms with van der Waals surface area (Å²) in [6.45, 7) is 13.4. The van der Waals surface area contributed by atoms with Crippen LogP contribution in [0.4, 0.5) is 0 Å². The molecule has 0 heterocycles. The van der Waals surface area contributed by atoms with E-state index in [1.807, 2.05) is 0 Å². The Morgan fingerprint density at radius 3 is 1.94 bits per heavy atom. The van der Waals surface area contributed by atoms with Gasteiger partial charge in [0.15, 0.2) is 0 Å². The first-order valence-electron chi connectivity index (χ1n) is 6.13. The third kappa shape index (κ3) is 3.64. The molecule has 0 aliphatic rings. The third-order valence-corrected chi connectivity index (χ3v) is 3.38. The van der Waals surface area contributed by atoms with Gasteiger partial charge in [0.1, 0.15) is 0 Å². The minimum absolute atomic E-state index is 0.305. The molecule has 0 aliphatic heterocycles. The van der Waals surface area contributed by atoms with Crippen molar-refractivity contribution in [1.82, 2.24) is 5.32 Å². The smallest absolute Gasteiger partial charge is 0.0294 e. The molecule has 16 heavy (non-hydrogen) atoms. The summed E-state index contributed by atoms with van der Waals surface area (Å²) >= 11 is 0. The number of nitrogens with one attached hydrogen (secondary N) is 1. The fourth-order valence-electron chi connectivity index (χ4n) is 1.58. The van der Waals surface area contributed by atoms with Crippen LogP contribution in [-0.4, -0.2) is 6.04 Å². The lowest BCUT2D eigenvalue weighted by Crippen LogP contribution is -2.39. The lowest BCUT2D eigenvalue weighted by atomic mass is 9.87. The number of benzene rings is 1. The normalized spacial score (nSPS) is 15.9. The van der Waals surface area contributed by atoms with E-state index < -0.39 is 0 Å². The van der Waals surface area contributed by atoms with E-state index in [2.05, 4.69) is 71.1 Å². The Bertz CT molecular complexity index is 318. The van der Waals surface area contributed by atoms with E-state index in [-0.39, 0.29) is 0 Å². The molecule has 0 radical (unpaired) electrons. The van der Waals surface area contributed by atoms with Crippen molar-refractivity contribution in [2.24, 2.45) is 5.41 Å². The highest BCUT2D eigenvalue weighted by Crippen LogP contribution is 2.22. The first-order valence-corrected chi connectivity index (χ1v) is 6.13. The molecule has 1 nitrogen and oxygen atoms in total. The van der Waals surface area contributed by atoms with Crippen molar-refractivity contribution in [3.63, 3.8) is 0 Å². The molecule has 0 saturated heterocycles. The van der Waals surface area contributed by atoms with E-state index in [0.717, 1.165) is 0 Å². The van der Waals surface area contributed by atoms with Crippen molar-refractivity contribution in [3.8, 4) is 0 Å². The number of hydrogen-bond acceptors (Lipinski definition) is 1. The number of rotatable bonds is 3. The van der Waals surface area contributed by atoms with E-state index in [4.69, 9.17) is 0 Å². The molecule has 0 spiro atoms. The van der Waals surface area contributed by atoms with Crippen LogP contribution in [0.5, 0.6) is 0 Å². The molecular formula is C15H25N. The van der Waals surface area contributed by atoms with Crippen LogP contribution < -0.4 is 5.32 Å². The highest BCUT2D eigenvalue weighted by Gasteiger charge is 2.21. The first kappa shape index (κ1) is 13.2. The van der Waals surface area contributed by atoms with Crippen LogP contribution in [-0.2, 0) is 0 Å². The van der Waals surface area contributed by atoms with E-state index in [9.17, 15) is 0 Å². The molecule has 0 saturated carbocycles. The Labute approximate surface area is 100 Å². The van der Waals surface area contributed by atoms with Crippen LogP contribution in [0.2, 0.25) is 0 Å². The average molecular weight is 219 g/mol. The minimum Gasteiger partial charge on any atom is -0.307 e. The summed E-state index contributed by atoms with van der Waals surface area (Å²) < 4.78 is 0. The maximum Gasteiger partial charge on any atom is 0.0294 e. The van der Waals surface area contributed by atoms with Gasteiger partial charge in [0.05, 0.1) is 0 Å². The lowest BCUT2D eigenvalue weighted by Gasteiger charge is -2.31. The quantitative estimate of drug-likeness (QED) is 0.807. The summed E-state index contributed by atoms with van der Waals surface area (Å²) in [5, 5.41) is 3.66. The second-order valence-corrected chi connectivity index (χ2v) is 5.89. The largest absolute Gasteiger partial charge is 0.307 e. The molecule has 1 heteroatoms. The Morgan fingerprint density at radius 2 is 1.50 bits per heavy atom. The highest BCUT2D eigenvalue weighted by molar-refractivity contribution is 5.23. The van der Waals surface area contributed by atoms with Crippen molar-refractivity contribution < 1.29 is 0 Å². The zero-order valence-electron chi connectivity index (χ0n) is 11.5. The predicted molar refractivity (Wildman–Crippen MR) is 71.6 cm³/mol. The molecule has 1 rings (SSSR count). The molecular weight excluding hydrogens is 194 g/mol. The molecule has 2 atom stereocenters. The monoisotopic (exact) mass is 219 g/mol. The van der Waals surface area contributed by atoms with Crippen molar-refractivity contribution >= 4 is 0 Å². The second kappa shape index (κ2) is 5.01. The van der Waals surface area contributed by atoms with Gasteiger partial charge in [-0.1, -0.05) is 50.6 Å². The molecule has 90 valence electrons. The molecule has 0 aliphatic carbocycles. The topological polar surface area (TPSA) is 12.0 Å². The Morgan fingerprint density at radius 1 is 1.00 bits per heavy atom. The van der Waals surface area contributed by atoms with Gasteiger partial charge in [0, 0.05) is 12.1 Å². The zero-order valence-corrected chi connectivity index (χ0v) is 11.5. The molecule has 1 aromatic carbocycles. The van der Waals surface area contributed by atoms with Crippen LogP contribution in [0.15, 0.2) is 24.3 Å². The van der Waals surface area contributed by atoms with Crippen molar-refractivity contribution in [2.75, 3.05) is 0 Å². The first-order chi connectivity index (χ1) is 7.30. The molecule has 2 unspecified atom stereocenters. The van der Waals surface area contributed by atoms with Crippen LogP contribution >= 0.6 is 0 Å². The molecule has 1 N–H and O–H groups in total. The zero-order chi connectivity index (χ0) is 12.3. The van der Waals surface area contributed by atoms with Crippen molar-refractivity contribution in [2.45, 2.75) is 53.6 Å². The van der Waals surface area contributed by atoms with Gasteiger partial charge in [-0.25, -0.2) is 0 Å². The van der Waals surface area contributed by atoms with Crippen LogP contribution in [0.25, 0.3) is 0 Å². The standard InChI is InChI=1S/C15H25N/c1-11-7-9-14(10-8-11)12(2)16-13(3)15(4,5)6/h7-10,12-13,16H,1-6H3. The number of hydrogen-bond donors (Lipinski definition) is 1. The van der Waals surface area contributed by atoms with Gasteiger partial charge in [-0.15, -0.1) is 0 Å². The molecule has 0 bridgehead atoms. The van der Waals surface area contributed by atoms with Gasteiger partial charge in [-0.2, -0.15) is 0 Å². The van der Waals surface area contributed by atoms with E-state index in [1.54, 1.807) is 0 Å². The molecule has 1 aromatic rings. The Balaban J connectivity index is 2.65. The summed E-state index contributed by atoms with van der Waals surface area (Å²) in [7, 11) is 0. The Hall–Kier alpha value is -0.820. The summed E-state index contributed by atoms with van der Waals surface area (Å²) in [6.07, 6.45) is 0. The SMILES string of the molecule is Cc1ccc(C(C)NC(C)C(C)(C)C)cc1. The maximum atomic E-state index is 3.66. The van der Waals surface area contributed by atoms with Crippen LogP contribution in [0.3, 0.4) is 0 Å². The number of aryl methyl sites for hydroxylation is 1. The predicted octanol–water partition coefficient (Wildman–Crippen LogP) is 4.08. The van der Waals surface area contributed by atoms with Gasteiger partial charge in [-0.05, 0) is 31.7 Å². The highest BCUT2D eigenvalue weighted by atomic mass is 15.0. The Kier molecular flexibility index (Phi) is 4.15. The van der Waals surface area contributed by atoms with Crippen LogP contribution in [0.1, 0.15) is 51.8 Å². The molecule has 0 aromatic heterocycles. The van der Waals surface area contributed by atoms with Gasteiger partial charge >= 0.3 is 0 Å². The molecule has 0 amide bonds. The maximum absolute atomic E-state index is 3.66. The summed E-state index contributed by atoms with van der Waals surface area (Å²) in [5.41, 5.74) is 2.99. The summed E-state index contributed by atoms with van der Waals surface area (Å²) in [6, 6.07) is 9.69. The minimum atomic E-state index is 0.305.